The van der Waals surface area contributed by atoms with Gasteiger partial charge in [0.1, 0.15) is 23.2 Å². The topological polar surface area (TPSA) is 107 Å². The highest BCUT2D eigenvalue weighted by atomic mass is 35.5. The van der Waals surface area contributed by atoms with E-state index in [1.165, 1.54) is 7.11 Å². The third-order valence-electron chi connectivity index (χ3n) is 7.02. The van der Waals surface area contributed by atoms with Gasteiger partial charge in [-0.25, -0.2) is 14.6 Å². The number of methoxy groups -OCH3 is 1. The van der Waals surface area contributed by atoms with Crippen LogP contribution in [0.5, 0.6) is 5.75 Å². The standard InChI is InChI=1S/C33H37Cl2N3O6/c1-20(26-16-13-22-8-7-17-38(29(22)36-26)32(41)44-33(2,3)4)19-43-23-14-11-21(12-15-23)18-27(31(40)42-5)37-30(39)28-24(34)9-6-10-25(28)35/h6,9-16,20,27H,7-8,17-19H2,1-5H3,(H,37,39)/t20?,27-/m0/s1. The van der Waals surface area contributed by atoms with Crippen molar-refractivity contribution in [3.05, 3.63) is 87.0 Å². The van der Waals surface area contributed by atoms with Crippen molar-refractivity contribution in [3.8, 4) is 5.75 Å². The van der Waals surface area contributed by atoms with Gasteiger partial charge in [0.05, 0.1) is 29.3 Å². The molecule has 0 fully saturated rings. The molecule has 0 spiro atoms. The van der Waals surface area contributed by atoms with E-state index in [0.717, 1.165) is 29.7 Å². The zero-order valence-electron chi connectivity index (χ0n) is 25.5. The number of hydrogen-bond donors (Lipinski definition) is 1. The largest absolute Gasteiger partial charge is 0.493 e. The fraction of sp³-hybridized carbons (Fsp3) is 0.394. The Bertz CT molecular complexity index is 1490. The van der Waals surface area contributed by atoms with Gasteiger partial charge >= 0.3 is 12.1 Å². The third-order valence-corrected chi connectivity index (χ3v) is 7.65. The third kappa shape index (κ3) is 8.42. The first kappa shape index (κ1) is 33.1. The summed E-state index contributed by atoms with van der Waals surface area (Å²) >= 11 is 12.3. The number of anilines is 1. The maximum atomic E-state index is 12.9. The molecule has 1 aliphatic heterocycles. The molecule has 3 aromatic rings. The summed E-state index contributed by atoms with van der Waals surface area (Å²) in [4.78, 5) is 44.7. The van der Waals surface area contributed by atoms with Crippen LogP contribution < -0.4 is 15.0 Å². The van der Waals surface area contributed by atoms with Crippen LogP contribution in [0.4, 0.5) is 10.6 Å². The molecule has 0 saturated heterocycles. The molecule has 4 rings (SSSR count). The van der Waals surface area contributed by atoms with E-state index in [4.69, 9.17) is 42.4 Å². The molecule has 0 aliphatic carbocycles. The Labute approximate surface area is 267 Å². The summed E-state index contributed by atoms with van der Waals surface area (Å²) in [5.74, 6) is 0.0463. The summed E-state index contributed by atoms with van der Waals surface area (Å²) in [5, 5.41) is 3.04. The molecule has 2 aromatic carbocycles. The quantitative estimate of drug-likeness (QED) is 0.257. The lowest BCUT2D eigenvalue weighted by Crippen LogP contribution is -2.43. The first-order valence-electron chi connectivity index (χ1n) is 14.4. The van der Waals surface area contributed by atoms with E-state index in [2.05, 4.69) is 5.32 Å². The van der Waals surface area contributed by atoms with Crippen LogP contribution in [0.2, 0.25) is 10.0 Å². The smallest absolute Gasteiger partial charge is 0.416 e. The van der Waals surface area contributed by atoms with Gasteiger partial charge in [0.25, 0.3) is 5.91 Å². The number of hydrogen-bond acceptors (Lipinski definition) is 7. The minimum absolute atomic E-state index is 0.0575. The van der Waals surface area contributed by atoms with Crippen molar-refractivity contribution >= 4 is 47.0 Å². The molecular formula is C33H37Cl2N3O6. The molecule has 1 unspecified atom stereocenters. The first-order valence-corrected chi connectivity index (χ1v) is 15.2. The molecule has 9 nitrogen and oxygen atoms in total. The fourth-order valence-corrected chi connectivity index (χ4v) is 5.34. The van der Waals surface area contributed by atoms with Crippen molar-refractivity contribution in [2.45, 2.75) is 64.5 Å². The highest BCUT2D eigenvalue weighted by Gasteiger charge is 2.29. The maximum Gasteiger partial charge on any atom is 0.416 e. The molecule has 1 aromatic heterocycles. The van der Waals surface area contributed by atoms with Gasteiger partial charge in [-0.3, -0.25) is 9.69 Å². The summed E-state index contributed by atoms with van der Waals surface area (Å²) in [6.07, 6.45) is 1.50. The molecule has 44 heavy (non-hydrogen) atoms. The summed E-state index contributed by atoms with van der Waals surface area (Å²) in [6, 6.07) is 15.0. The maximum absolute atomic E-state index is 12.9. The lowest BCUT2D eigenvalue weighted by atomic mass is 10.0. The average molecular weight is 643 g/mol. The second-order valence-corrected chi connectivity index (χ2v) is 12.5. The number of ether oxygens (including phenoxy) is 3. The minimum Gasteiger partial charge on any atom is -0.493 e. The summed E-state index contributed by atoms with van der Waals surface area (Å²) in [6.45, 7) is 8.47. The molecule has 0 saturated carbocycles. The number of nitrogens with zero attached hydrogens (tertiary/aromatic N) is 2. The minimum atomic E-state index is -0.957. The predicted molar refractivity (Wildman–Crippen MR) is 170 cm³/mol. The van der Waals surface area contributed by atoms with E-state index in [0.29, 0.717) is 24.7 Å². The van der Waals surface area contributed by atoms with Crippen LogP contribution in [0.1, 0.15) is 67.2 Å². The summed E-state index contributed by atoms with van der Waals surface area (Å²) in [5.41, 5.74) is 2.11. The fourth-order valence-electron chi connectivity index (χ4n) is 4.77. The second kappa shape index (κ2) is 14.3. The zero-order chi connectivity index (χ0) is 32.0. The van der Waals surface area contributed by atoms with Crippen LogP contribution in [0.25, 0.3) is 0 Å². The number of aryl methyl sites for hydroxylation is 1. The molecule has 1 N–H and O–H groups in total. The Morgan fingerprint density at radius 3 is 2.34 bits per heavy atom. The van der Waals surface area contributed by atoms with Crippen LogP contribution >= 0.6 is 23.2 Å². The van der Waals surface area contributed by atoms with E-state index in [1.54, 1.807) is 35.2 Å². The van der Waals surface area contributed by atoms with E-state index in [1.807, 2.05) is 52.0 Å². The zero-order valence-corrected chi connectivity index (χ0v) is 27.0. The van der Waals surface area contributed by atoms with E-state index >= 15 is 0 Å². The van der Waals surface area contributed by atoms with Crippen molar-refractivity contribution in [1.29, 1.82) is 0 Å². The van der Waals surface area contributed by atoms with Gasteiger partial charge in [0.15, 0.2) is 0 Å². The lowest BCUT2D eigenvalue weighted by Gasteiger charge is -2.31. The number of amides is 2. The molecule has 2 heterocycles. The van der Waals surface area contributed by atoms with Gasteiger partial charge < -0.3 is 19.5 Å². The highest BCUT2D eigenvalue weighted by molar-refractivity contribution is 6.39. The molecule has 2 amide bonds. The van der Waals surface area contributed by atoms with Gasteiger partial charge in [-0.15, -0.1) is 0 Å². The average Bonchev–Trinajstić information content (AvgIpc) is 2.98. The Kier molecular flexibility index (Phi) is 10.8. The second-order valence-electron chi connectivity index (χ2n) is 11.7. The first-order chi connectivity index (χ1) is 20.9. The van der Waals surface area contributed by atoms with Gasteiger partial charge in [-0.2, -0.15) is 0 Å². The predicted octanol–water partition coefficient (Wildman–Crippen LogP) is 6.77. The number of esters is 1. The van der Waals surface area contributed by atoms with Crippen LogP contribution in [0, 0.1) is 0 Å². The summed E-state index contributed by atoms with van der Waals surface area (Å²) in [7, 11) is 1.26. The van der Waals surface area contributed by atoms with Gasteiger partial charge in [-0.1, -0.05) is 54.4 Å². The number of pyridine rings is 1. The van der Waals surface area contributed by atoms with Crippen LogP contribution in [0.15, 0.2) is 54.6 Å². The number of rotatable bonds is 9. The molecular weight excluding hydrogens is 605 g/mol. The summed E-state index contributed by atoms with van der Waals surface area (Å²) < 4.78 is 16.6. The molecule has 1 aliphatic rings. The molecule has 0 radical (unpaired) electrons. The van der Waals surface area contributed by atoms with Crippen molar-refractivity contribution in [3.63, 3.8) is 0 Å². The van der Waals surface area contributed by atoms with Gasteiger partial charge in [-0.05, 0) is 75.1 Å². The Hall–Kier alpha value is -3.82. The van der Waals surface area contributed by atoms with E-state index in [9.17, 15) is 14.4 Å². The van der Waals surface area contributed by atoms with Crippen LogP contribution in [-0.2, 0) is 27.1 Å². The molecule has 2 atom stereocenters. The van der Waals surface area contributed by atoms with Crippen molar-refractivity contribution < 1.29 is 28.6 Å². The van der Waals surface area contributed by atoms with E-state index in [-0.39, 0.29) is 27.9 Å². The number of benzene rings is 2. The number of halogens is 2. The molecule has 0 bridgehead atoms. The van der Waals surface area contributed by atoms with Gasteiger partial charge in [0.2, 0.25) is 0 Å². The number of fused-ring (bicyclic) bond motifs is 1. The van der Waals surface area contributed by atoms with Crippen molar-refractivity contribution in [2.24, 2.45) is 0 Å². The lowest BCUT2D eigenvalue weighted by molar-refractivity contribution is -0.142. The van der Waals surface area contributed by atoms with E-state index < -0.39 is 29.6 Å². The molecule has 11 heteroatoms. The number of carbonyl (C=O) groups excluding carboxylic acids is 3. The highest BCUT2D eigenvalue weighted by Crippen LogP contribution is 2.29. The van der Waals surface area contributed by atoms with Crippen molar-refractivity contribution in [2.75, 3.05) is 25.2 Å². The van der Waals surface area contributed by atoms with Crippen LogP contribution in [0.3, 0.4) is 0 Å². The SMILES string of the molecule is COC(=O)[C@H](Cc1ccc(OCC(C)c2ccc3c(n2)N(C(=O)OC(C)(C)C)CCC3)cc1)NC(=O)c1c(Cl)cccc1Cl. The van der Waals surface area contributed by atoms with Crippen molar-refractivity contribution in [1.82, 2.24) is 10.3 Å². The van der Waals surface area contributed by atoms with Gasteiger partial charge in [0, 0.05) is 24.6 Å². The Morgan fingerprint density at radius 2 is 1.70 bits per heavy atom. The molecule has 234 valence electrons. The normalized spacial score (nSPS) is 14.2. The van der Waals surface area contributed by atoms with Crippen LogP contribution in [-0.4, -0.2) is 54.9 Å². The number of carbonyl (C=O) groups is 3. The number of nitrogens with one attached hydrogen (secondary N) is 1. The Morgan fingerprint density at radius 1 is 1.02 bits per heavy atom. The number of aromatic nitrogens is 1. The Balaban J connectivity index is 1.38. The monoisotopic (exact) mass is 641 g/mol.